The second kappa shape index (κ2) is 12.7. The highest BCUT2D eigenvalue weighted by Gasteiger charge is 2.35. The lowest BCUT2D eigenvalue weighted by atomic mass is 9.99. The molecule has 0 radical (unpaired) electrons. The van der Waals surface area contributed by atoms with Crippen molar-refractivity contribution >= 4 is 45.7 Å². The van der Waals surface area contributed by atoms with Crippen LogP contribution >= 0.6 is 11.9 Å². The first-order chi connectivity index (χ1) is 23.3. The van der Waals surface area contributed by atoms with Crippen LogP contribution in [-0.4, -0.2) is 65.6 Å². The standard InChI is InChI=1S/C38H44N6O4S/c1-37(2,3)47-35(45)43-15-7-9-31(43)33-39-21-29(41-33)25-13-11-23-18-28-20-26(14-12-24(28)17-27(23)19-25)30-22-40-34(42-30)32-10-8-16-44(49-32)36(46)48-38(4,5)6/h11-14,17-22,31-32H,7-10,15-16H2,1-6H3,(H,39,41)(H,40,42)/t31-,32-/m0/s1. The van der Waals surface area contributed by atoms with Gasteiger partial charge in [-0.15, -0.1) is 0 Å². The van der Waals surface area contributed by atoms with Gasteiger partial charge in [-0.2, -0.15) is 0 Å². The lowest BCUT2D eigenvalue weighted by Gasteiger charge is -2.32. The van der Waals surface area contributed by atoms with E-state index in [0.29, 0.717) is 13.1 Å². The number of likely N-dealkylation sites (tertiary alicyclic amines) is 1. The van der Waals surface area contributed by atoms with Crippen molar-refractivity contribution in [3.63, 3.8) is 0 Å². The Morgan fingerprint density at radius 2 is 1.27 bits per heavy atom. The average molecular weight is 681 g/mol. The summed E-state index contributed by atoms with van der Waals surface area (Å²) in [5.41, 5.74) is 2.90. The zero-order valence-corrected chi connectivity index (χ0v) is 29.8. The smallest absolute Gasteiger partial charge is 0.420 e. The number of H-pyrrole nitrogens is 2. The Hall–Kier alpha value is -4.51. The van der Waals surface area contributed by atoms with Crippen molar-refractivity contribution in [3.05, 3.63) is 72.6 Å². The van der Waals surface area contributed by atoms with E-state index in [1.54, 1.807) is 9.21 Å². The number of ether oxygens (including phenoxy) is 2. The third-order valence-corrected chi connectivity index (χ3v) is 10.1. The van der Waals surface area contributed by atoms with Gasteiger partial charge in [-0.25, -0.2) is 19.6 Å². The van der Waals surface area contributed by atoms with E-state index in [-0.39, 0.29) is 23.5 Å². The first-order valence-electron chi connectivity index (χ1n) is 17.0. The number of carbonyl (C=O) groups is 2. The van der Waals surface area contributed by atoms with E-state index in [0.717, 1.165) is 81.4 Å². The molecule has 10 nitrogen and oxygen atoms in total. The summed E-state index contributed by atoms with van der Waals surface area (Å²) in [6, 6.07) is 17.2. The topological polar surface area (TPSA) is 116 Å². The highest BCUT2D eigenvalue weighted by Crippen LogP contribution is 2.40. The molecule has 0 unspecified atom stereocenters. The van der Waals surface area contributed by atoms with Crippen LogP contribution in [0.1, 0.15) is 90.2 Å². The normalized spacial score (nSPS) is 18.7. The number of fused-ring (bicyclic) bond motifs is 2. The second-order valence-electron chi connectivity index (χ2n) is 15.0. The molecule has 0 spiro atoms. The molecular weight excluding hydrogens is 637 g/mol. The van der Waals surface area contributed by atoms with Gasteiger partial charge in [-0.1, -0.05) is 24.3 Å². The first-order valence-corrected chi connectivity index (χ1v) is 17.9. The first kappa shape index (κ1) is 33.0. The van der Waals surface area contributed by atoms with Gasteiger partial charge < -0.3 is 19.4 Å². The molecule has 4 heterocycles. The fraction of sp³-hybridized carbons (Fsp3) is 0.421. The largest absolute Gasteiger partial charge is 0.444 e. The molecule has 2 aliphatic rings. The third-order valence-electron chi connectivity index (χ3n) is 8.79. The fourth-order valence-corrected chi connectivity index (χ4v) is 7.69. The summed E-state index contributed by atoms with van der Waals surface area (Å²) in [4.78, 5) is 43.7. The van der Waals surface area contributed by atoms with Gasteiger partial charge >= 0.3 is 12.2 Å². The monoisotopic (exact) mass is 680 g/mol. The Morgan fingerprint density at radius 1 is 0.714 bits per heavy atom. The van der Waals surface area contributed by atoms with Crippen LogP contribution < -0.4 is 0 Å². The minimum atomic E-state index is -0.541. The molecule has 0 saturated carbocycles. The Balaban J connectivity index is 1.08. The molecule has 2 atom stereocenters. The fourth-order valence-electron chi connectivity index (χ4n) is 6.54. The molecule has 3 aromatic carbocycles. The van der Waals surface area contributed by atoms with Crippen LogP contribution in [0.15, 0.2) is 60.9 Å². The average Bonchev–Trinajstić information content (AvgIpc) is 3.83. The number of rotatable bonds is 4. The zero-order chi connectivity index (χ0) is 34.5. The summed E-state index contributed by atoms with van der Waals surface area (Å²) in [5.74, 6) is 1.65. The molecule has 7 rings (SSSR count). The van der Waals surface area contributed by atoms with Crippen molar-refractivity contribution < 1.29 is 19.1 Å². The minimum Gasteiger partial charge on any atom is -0.444 e. The van der Waals surface area contributed by atoms with Gasteiger partial charge in [0, 0.05) is 24.2 Å². The van der Waals surface area contributed by atoms with Crippen LogP contribution in [0.25, 0.3) is 44.1 Å². The van der Waals surface area contributed by atoms with E-state index in [1.807, 2.05) is 53.9 Å². The number of hydrogen-bond donors (Lipinski definition) is 2. The number of aromatic nitrogens is 4. The quantitative estimate of drug-likeness (QED) is 0.143. The number of nitrogens with zero attached hydrogens (tertiary/aromatic N) is 4. The summed E-state index contributed by atoms with van der Waals surface area (Å²) < 4.78 is 13.0. The molecule has 11 heteroatoms. The van der Waals surface area contributed by atoms with Crippen molar-refractivity contribution in [2.75, 3.05) is 13.1 Å². The van der Waals surface area contributed by atoms with Crippen LogP contribution in [0.2, 0.25) is 0 Å². The molecule has 256 valence electrons. The van der Waals surface area contributed by atoms with Crippen molar-refractivity contribution in [1.29, 1.82) is 0 Å². The van der Waals surface area contributed by atoms with E-state index < -0.39 is 11.2 Å². The maximum atomic E-state index is 12.9. The minimum absolute atomic E-state index is 0.0571. The number of amides is 2. The number of aromatic amines is 2. The predicted molar refractivity (Wildman–Crippen MR) is 194 cm³/mol. The summed E-state index contributed by atoms with van der Waals surface area (Å²) in [5, 5.41) is 4.63. The molecule has 0 bridgehead atoms. The van der Waals surface area contributed by atoms with Crippen molar-refractivity contribution in [1.82, 2.24) is 29.1 Å². The van der Waals surface area contributed by atoms with Crippen LogP contribution in [0.5, 0.6) is 0 Å². The van der Waals surface area contributed by atoms with Crippen molar-refractivity contribution in [3.8, 4) is 22.5 Å². The van der Waals surface area contributed by atoms with Gasteiger partial charge in [0.2, 0.25) is 0 Å². The van der Waals surface area contributed by atoms with Gasteiger partial charge in [0.05, 0.1) is 35.1 Å². The molecule has 2 saturated heterocycles. The Labute approximate surface area is 291 Å². The van der Waals surface area contributed by atoms with Gasteiger partial charge in [0.1, 0.15) is 22.9 Å². The van der Waals surface area contributed by atoms with Gasteiger partial charge in [-0.3, -0.25) is 9.21 Å². The van der Waals surface area contributed by atoms with E-state index in [2.05, 4.69) is 58.5 Å². The molecule has 5 aromatic rings. The summed E-state index contributed by atoms with van der Waals surface area (Å²) in [6.45, 7) is 12.7. The molecule has 2 aliphatic heterocycles. The molecule has 0 aliphatic carbocycles. The van der Waals surface area contributed by atoms with Gasteiger partial charge in [0.25, 0.3) is 0 Å². The third kappa shape index (κ3) is 7.27. The van der Waals surface area contributed by atoms with E-state index in [1.165, 1.54) is 11.9 Å². The molecule has 2 N–H and O–H groups in total. The maximum absolute atomic E-state index is 12.9. The number of nitrogens with one attached hydrogen (secondary N) is 2. The van der Waals surface area contributed by atoms with Crippen molar-refractivity contribution in [2.24, 2.45) is 0 Å². The summed E-state index contributed by atoms with van der Waals surface area (Å²) >= 11 is 1.49. The lowest BCUT2D eigenvalue weighted by Crippen LogP contribution is -2.36. The lowest BCUT2D eigenvalue weighted by molar-refractivity contribution is 0.0218. The Bertz CT molecular complexity index is 2020. The van der Waals surface area contributed by atoms with Crippen molar-refractivity contribution in [2.45, 2.75) is 89.7 Å². The van der Waals surface area contributed by atoms with E-state index in [9.17, 15) is 9.59 Å². The maximum Gasteiger partial charge on any atom is 0.420 e. The number of carbonyl (C=O) groups excluding carboxylic acids is 2. The Morgan fingerprint density at radius 3 is 1.88 bits per heavy atom. The molecule has 2 aromatic heterocycles. The second-order valence-corrected chi connectivity index (χ2v) is 16.2. The predicted octanol–water partition coefficient (Wildman–Crippen LogP) is 9.57. The SMILES string of the molecule is CC(C)(C)OC(=O)N1CCC[C@@H](c2ncc(-c3ccc4cc5cc(-c6cnc([C@@H]7CCCN7C(=O)OC(C)(C)C)[nH]6)ccc5cc4c3)[nH]2)S1. The van der Waals surface area contributed by atoms with E-state index >= 15 is 0 Å². The number of benzene rings is 3. The summed E-state index contributed by atoms with van der Waals surface area (Å²) in [7, 11) is 0. The van der Waals surface area contributed by atoms with Gasteiger partial charge in [-0.05, 0) is 125 Å². The molecule has 2 amide bonds. The van der Waals surface area contributed by atoms with Crippen LogP contribution in [0, 0.1) is 0 Å². The van der Waals surface area contributed by atoms with Crippen LogP contribution in [0.3, 0.4) is 0 Å². The number of hydrogen-bond acceptors (Lipinski definition) is 7. The molecule has 2 fully saturated rings. The summed E-state index contributed by atoms with van der Waals surface area (Å²) in [6.07, 6.45) is 6.75. The molecule has 49 heavy (non-hydrogen) atoms. The van der Waals surface area contributed by atoms with Gasteiger partial charge in [0.15, 0.2) is 0 Å². The molecular formula is C38H44N6O4S. The highest BCUT2D eigenvalue weighted by atomic mass is 32.2. The number of imidazole rings is 2. The zero-order valence-electron chi connectivity index (χ0n) is 29.0. The highest BCUT2D eigenvalue weighted by molar-refractivity contribution is 7.97. The van der Waals surface area contributed by atoms with Crippen LogP contribution in [0.4, 0.5) is 9.59 Å². The Kier molecular flexibility index (Phi) is 8.59. The van der Waals surface area contributed by atoms with E-state index in [4.69, 9.17) is 19.4 Å². The van der Waals surface area contributed by atoms with Crippen LogP contribution in [-0.2, 0) is 9.47 Å².